The molecule has 33 heavy (non-hydrogen) atoms. The first kappa shape index (κ1) is 24.5. The topological polar surface area (TPSA) is 118 Å². The van der Waals surface area contributed by atoms with Gasteiger partial charge in [-0.15, -0.1) is 0 Å². The molecule has 2 aromatic carbocycles. The normalized spacial score (nSPS) is 15.1. The Bertz CT molecular complexity index is 993. The van der Waals surface area contributed by atoms with Crippen LogP contribution in [0.15, 0.2) is 30.3 Å². The fourth-order valence-corrected chi connectivity index (χ4v) is 3.58. The summed E-state index contributed by atoms with van der Waals surface area (Å²) >= 11 is 6.22. The maximum absolute atomic E-state index is 12.7. The molecule has 2 amide bonds. The fraction of sp³-hybridized carbons (Fsp3) is 0.391. The number of hydrogen-bond acceptors (Lipinski definition) is 7. The minimum absolute atomic E-state index is 0.102. The number of ether oxygens (including phenoxy) is 5. The molecule has 1 fully saturated rings. The molecule has 0 aliphatic carbocycles. The van der Waals surface area contributed by atoms with Gasteiger partial charge in [0.2, 0.25) is 0 Å². The van der Waals surface area contributed by atoms with Gasteiger partial charge >= 0.3 is 0 Å². The van der Waals surface area contributed by atoms with Gasteiger partial charge in [-0.3, -0.25) is 9.59 Å². The zero-order valence-electron chi connectivity index (χ0n) is 18.5. The van der Waals surface area contributed by atoms with Crippen molar-refractivity contribution in [1.29, 1.82) is 0 Å². The zero-order valence-corrected chi connectivity index (χ0v) is 19.3. The number of carbonyl (C=O) groups is 2. The molecule has 0 radical (unpaired) electrons. The molecule has 3 N–H and O–H groups in total. The molecule has 1 atom stereocenters. The highest BCUT2D eigenvalue weighted by molar-refractivity contribution is 6.32. The lowest BCUT2D eigenvalue weighted by molar-refractivity contribution is -0.119. The maximum Gasteiger partial charge on any atom is 0.255 e. The maximum atomic E-state index is 12.7. The first-order chi connectivity index (χ1) is 15.9. The molecule has 1 unspecified atom stereocenters. The molecule has 10 heteroatoms. The van der Waals surface area contributed by atoms with Crippen LogP contribution in [-0.4, -0.2) is 52.0 Å². The van der Waals surface area contributed by atoms with Crippen LogP contribution in [-0.2, 0) is 16.1 Å². The van der Waals surface area contributed by atoms with Crippen molar-refractivity contribution in [1.82, 2.24) is 5.32 Å². The second kappa shape index (κ2) is 11.6. The van der Waals surface area contributed by atoms with Gasteiger partial charge in [0.15, 0.2) is 29.6 Å². The van der Waals surface area contributed by atoms with Crippen molar-refractivity contribution in [2.45, 2.75) is 25.5 Å². The van der Waals surface area contributed by atoms with Crippen LogP contribution in [0.25, 0.3) is 0 Å². The molecular formula is C23H27ClN2O7. The summed E-state index contributed by atoms with van der Waals surface area (Å²) in [5.74, 6) is 0.510. The number of nitrogens with one attached hydrogen (secondary N) is 1. The Morgan fingerprint density at radius 2 is 1.91 bits per heavy atom. The predicted molar refractivity (Wildman–Crippen MR) is 121 cm³/mol. The summed E-state index contributed by atoms with van der Waals surface area (Å²) in [6.45, 7) is 1.12. The van der Waals surface area contributed by atoms with E-state index in [0.29, 0.717) is 18.1 Å². The third-order valence-corrected chi connectivity index (χ3v) is 5.26. The van der Waals surface area contributed by atoms with E-state index in [-0.39, 0.29) is 47.2 Å². The molecule has 0 aromatic heterocycles. The van der Waals surface area contributed by atoms with E-state index >= 15 is 0 Å². The number of halogens is 1. The number of amides is 2. The lowest BCUT2D eigenvalue weighted by Gasteiger charge is -2.15. The van der Waals surface area contributed by atoms with E-state index in [1.165, 1.54) is 19.2 Å². The third-order valence-electron chi connectivity index (χ3n) is 4.98. The Hall–Kier alpha value is -3.17. The van der Waals surface area contributed by atoms with E-state index in [0.717, 1.165) is 25.0 Å². The van der Waals surface area contributed by atoms with Gasteiger partial charge in [0.25, 0.3) is 11.8 Å². The van der Waals surface area contributed by atoms with E-state index in [9.17, 15) is 9.59 Å². The summed E-state index contributed by atoms with van der Waals surface area (Å²) in [5.41, 5.74) is 6.19. The summed E-state index contributed by atoms with van der Waals surface area (Å²) in [7, 11) is 2.96. The third kappa shape index (κ3) is 6.66. The quantitative estimate of drug-likeness (QED) is 0.509. The van der Waals surface area contributed by atoms with E-state index in [4.69, 9.17) is 41.0 Å². The van der Waals surface area contributed by atoms with Gasteiger partial charge < -0.3 is 34.7 Å². The van der Waals surface area contributed by atoms with E-state index < -0.39 is 5.91 Å². The first-order valence-corrected chi connectivity index (χ1v) is 10.8. The molecule has 1 heterocycles. The standard InChI is InChI=1S/C23H27ClN2O7/c1-29-19-8-14(5-6-18(19)32-12-16-4-3-7-31-16)11-26-23(28)15-9-17(24)22(20(10-15)30-2)33-13-21(25)27/h5-6,8-10,16H,3-4,7,11-13H2,1-2H3,(H2,25,27)(H,26,28). The van der Waals surface area contributed by atoms with Crippen molar-refractivity contribution >= 4 is 23.4 Å². The van der Waals surface area contributed by atoms with Crippen LogP contribution >= 0.6 is 11.6 Å². The molecule has 9 nitrogen and oxygen atoms in total. The molecule has 0 saturated carbocycles. The number of rotatable bonds is 11. The molecule has 178 valence electrons. The molecule has 1 saturated heterocycles. The van der Waals surface area contributed by atoms with Crippen molar-refractivity contribution in [3.8, 4) is 23.0 Å². The highest BCUT2D eigenvalue weighted by atomic mass is 35.5. The van der Waals surface area contributed by atoms with Gasteiger partial charge in [-0.2, -0.15) is 0 Å². The number of methoxy groups -OCH3 is 2. The van der Waals surface area contributed by atoms with Crippen molar-refractivity contribution in [2.75, 3.05) is 34.0 Å². The van der Waals surface area contributed by atoms with Gasteiger partial charge in [-0.05, 0) is 42.7 Å². The monoisotopic (exact) mass is 478 g/mol. The van der Waals surface area contributed by atoms with Crippen molar-refractivity contribution in [3.63, 3.8) is 0 Å². The number of benzene rings is 2. The number of primary amides is 1. The van der Waals surface area contributed by atoms with Crippen LogP contribution in [0.5, 0.6) is 23.0 Å². The Kier molecular flexibility index (Phi) is 8.62. The molecule has 0 spiro atoms. The van der Waals surface area contributed by atoms with Crippen LogP contribution in [0.3, 0.4) is 0 Å². The Balaban J connectivity index is 1.63. The van der Waals surface area contributed by atoms with E-state index in [2.05, 4.69) is 5.32 Å². The molecular weight excluding hydrogens is 452 g/mol. The molecule has 3 rings (SSSR count). The van der Waals surface area contributed by atoms with Crippen LogP contribution in [0.4, 0.5) is 0 Å². The number of nitrogens with two attached hydrogens (primary N) is 1. The van der Waals surface area contributed by atoms with Crippen molar-refractivity contribution < 1.29 is 33.3 Å². The summed E-state index contributed by atoms with van der Waals surface area (Å²) in [6.07, 6.45) is 2.13. The summed E-state index contributed by atoms with van der Waals surface area (Å²) < 4.78 is 27.4. The average Bonchev–Trinajstić information content (AvgIpc) is 3.33. The highest BCUT2D eigenvalue weighted by Crippen LogP contribution is 2.36. The zero-order chi connectivity index (χ0) is 23.8. The van der Waals surface area contributed by atoms with Crippen LogP contribution < -0.4 is 30.0 Å². The van der Waals surface area contributed by atoms with Crippen LogP contribution in [0.1, 0.15) is 28.8 Å². The van der Waals surface area contributed by atoms with Gasteiger partial charge in [0.05, 0.1) is 25.3 Å². The van der Waals surface area contributed by atoms with Crippen molar-refractivity contribution in [3.05, 3.63) is 46.5 Å². The number of carbonyl (C=O) groups excluding carboxylic acids is 2. The SMILES string of the molecule is COc1cc(CNC(=O)c2cc(Cl)c(OCC(N)=O)c(OC)c2)ccc1OCC1CCCO1. The summed E-state index contributed by atoms with van der Waals surface area (Å²) in [4.78, 5) is 23.6. The smallest absolute Gasteiger partial charge is 0.255 e. The van der Waals surface area contributed by atoms with E-state index in [1.807, 2.05) is 6.07 Å². The Morgan fingerprint density at radius 1 is 1.12 bits per heavy atom. The second-order valence-corrected chi connectivity index (χ2v) is 7.77. The largest absolute Gasteiger partial charge is 0.493 e. The molecule has 1 aliphatic rings. The lowest BCUT2D eigenvalue weighted by Crippen LogP contribution is -2.23. The minimum Gasteiger partial charge on any atom is -0.493 e. The summed E-state index contributed by atoms with van der Waals surface area (Å²) in [6, 6.07) is 8.36. The van der Waals surface area contributed by atoms with Gasteiger partial charge in [-0.1, -0.05) is 17.7 Å². The average molecular weight is 479 g/mol. The second-order valence-electron chi connectivity index (χ2n) is 7.36. The highest BCUT2D eigenvalue weighted by Gasteiger charge is 2.18. The minimum atomic E-state index is -0.659. The molecule has 0 bridgehead atoms. The summed E-state index contributed by atoms with van der Waals surface area (Å²) in [5, 5.41) is 2.95. The predicted octanol–water partition coefficient (Wildman–Crippen LogP) is 2.71. The Labute approximate surface area is 197 Å². The first-order valence-electron chi connectivity index (χ1n) is 10.4. The lowest BCUT2D eigenvalue weighted by atomic mass is 10.1. The fourth-order valence-electron chi connectivity index (χ4n) is 3.32. The number of hydrogen-bond donors (Lipinski definition) is 2. The van der Waals surface area contributed by atoms with E-state index in [1.54, 1.807) is 19.2 Å². The van der Waals surface area contributed by atoms with Crippen LogP contribution in [0.2, 0.25) is 5.02 Å². The molecule has 2 aromatic rings. The van der Waals surface area contributed by atoms with Gasteiger partial charge in [0.1, 0.15) is 6.61 Å². The Morgan fingerprint density at radius 3 is 2.58 bits per heavy atom. The molecule has 1 aliphatic heterocycles. The van der Waals surface area contributed by atoms with Gasteiger partial charge in [-0.25, -0.2) is 0 Å². The van der Waals surface area contributed by atoms with Crippen LogP contribution in [0, 0.1) is 0 Å². The van der Waals surface area contributed by atoms with Crippen molar-refractivity contribution in [2.24, 2.45) is 5.73 Å². The van der Waals surface area contributed by atoms with Gasteiger partial charge in [0, 0.05) is 18.7 Å².